The van der Waals surface area contributed by atoms with E-state index < -0.39 is 5.97 Å². The zero-order valence-electron chi connectivity index (χ0n) is 18.0. The Morgan fingerprint density at radius 1 is 1.12 bits per heavy atom. The number of H-pyrrole nitrogens is 1. The lowest BCUT2D eigenvalue weighted by Crippen LogP contribution is -2.42. The van der Waals surface area contributed by atoms with Crippen molar-refractivity contribution in [2.45, 2.75) is 42.4 Å². The normalized spacial score (nSPS) is 33.8. The number of aromatic nitrogens is 1. The van der Waals surface area contributed by atoms with E-state index in [1.807, 2.05) is 6.92 Å². The highest BCUT2D eigenvalue weighted by Gasteiger charge is 2.69. The number of carboxylic acid groups (broad SMARTS) is 1. The molecule has 3 heterocycles. The highest BCUT2D eigenvalue weighted by atomic mass is 32.2. The number of thioether (sulfide) groups is 1. The minimum absolute atomic E-state index is 0.0377. The molecule has 0 unspecified atom stereocenters. The zero-order valence-corrected chi connectivity index (χ0v) is 19.7. The van der Waals surface area contributed by atoms with Crippen molar-refractivity contribution in [3.8, 4) is 0 Å². The van der Waals surface area contributed by atoms with Crippen molar-refractivity contribution in [3.63, 3.8) is 0 Å². The van der Waals surface area contributed by atoms with Crippen LogP contribution in [0.3, 0.4) is 0 Å². The number of likely N-dealkylation sites (tertiary alicyclic amines) is 1. The molecule has 4 aliphatic rings. The Kier molecular flexibility index (Phi) is 4.85. The van der Waals surface area contributed by atoms with E-state index in [1.165, 1.54) is 21.8 Å². The van der Waals surface area contributed by atoms with Gasteiger partial charge in [0.2, 0.25) is 11.8 Å². The van der Waals surface area contributed by atoms with Crippen LogP contribution in [0.5, 0.6) is 0 Å². The van der Waals surface area contributed by atoms with Gasteiger partial charge in [0.15, 0.2) is 0 Å². The molecule has 0 radical (unpaired) electrons. The summed E-state index contributed by atoms with van der Waals surface area (Å²) in [6.45, 7) is 2.23. The Bertz CT molecular complexity index is 1220. The van der Waals surface area contributed by atoms with Gasteiger partial charge in [-0.15, -0.1) is 11.8 Å². The standard InChI is InChI=1S/C24H24N2O5S2/c1-10-4-6-11(7-5-10)15-16-12-9-13(19(16)32-21-20(15)33-24(31)25-21)18-17(12)22(29)26(23(18)30)8-2-3-14(27)28/h4-7,12-13,15-19H,2-3,8-9H2,1H3,(H,25,31)(H,27,28)/t12-,13-,15-,16+,17-,18-,19+/m1/s1. The van der Waals surface area contributed by atoms with Gasteiger partial charge in [0, 0.05) is 29.0 Å². The summed E-state index contributed by atoms with van der Waals surface area (Å²) in [5.74, 6) is -1.38. The fourth-order valence-corrected chi connectivity index (χ4v) is 9.72. The molecule has 2 saturated carbocycles. The lowest BCUT2D eigenvalue weighted by Gasteiger charge is -2.43. The average molecular weight is 485 g/mol. The lowest BCUT2D eigenvalue weighted by atomic mass is 9.68. The number of thiazole rings is 1. The van der Waals surface area contributed by atoms with Crippen LogP contribution in [0, 0.1) is 36.5 Å². The van der Waals surface area contributed by atoms with Crippen LogP contribution in [0.4, 0.5) is 0 Å². The van der Waals surface area contributed by atoms with Crippen molar-refractivity contribution in [1.29, 1.82) is 0 Å². The highest BCUT2D eigenvalue weighted by molar-refractivity contribution is 8.00. The maximum Gasteiger partial charge on any atom is 0.305 e. The highest BCUT2D eigenvalue weighted by Crippen LogP contribution is 2.68. The van der Waals surface area contributed by atoms with Crippen molar-refractivity contribution in [1.82, 2.24) is 9.88 Å². The summed E-state index contributed by atoms with van der Waals surface area (Å²) in [7, 11) is 0. The Labute approximate surface area is 198 Å². The van der Waals surface area contributed by atoms with Crippen LogP contribution < -0.4 is 4.87 Å². The van der Waals surface area contributed by atoms with Crippen LogP contribution in [0.25, 0.3) is 0 Å². The number of nitrogens with one attached hydrogen (secondary N) is 1. The second kappa shape index (κ2) is 7.56. The van der Waals surface area contributed by atoms with Gasteiger partial charge in [0.1, 0.15) is 0 Å². The van der Waals surface area contributed by atoms with E-state index in [4.69, 9.17) is 5.11 Å². The number of rotatable bonds is 5. The molecule has 33 heavy (non-hydrogen) atoms. The number of fused-ring (bicyclic) bond motifs is 9. The number of hydrogen-bond donors (Lipinski definition) is 2. The molecule has 2 bridgehead atoms. The molecular weight excluding hydrogens is 460 g/mol. The van der Waals surface area contributed by atoms with Gasteiger partial charge in [0.05, 0.1) is 16.9 Å². The van der Waals surface area contributed by atoms with Crippen LogP contribution in [-0.4, -0.2) is 44.6 Å². The van der Waals surface area contributed by atoms with Crippen molar-refractivity contribution >= 4 is 40.9 Å². The van der Waals surface area contributed by atoms with E-state index in [-0.39, 0.29) is 76.8 Å². The number of imide groups is 1. The van der Waals surface area contributed by atoms with Crippen molar-refractivity contribution in [2.75, 3.05) is 6.54 Å². The predicted molar refractivity (Wildman–Crippen MR) is 123 cm³/mol. The first kappa shape index (κ1) is 21.2. The number of carbonyl (C=O) groups is 3. The topological polar surface area (TPSA) is 108 Å². The summed E-state index contributed by atoms with van der Waals surface area (Å²) in [5.41, 5.74) is 2.33. The summed E-state index contributed by atoms with van der Waals surface area (Å²) in [6.07, 6.45) is 1.09. The van der Waals surface area contributed by atoms with Crippen LogP contribution >= 0.6 is 23.1 Å². The number of carbonyl (C=O) groups excluding carboxylic acids is 2. The summed E-state index contributed by atoms with van der Waals surface area (Å²) in [6, 6.07) is 8.44. The molecule has 1 saturated heterocycles. The second-order valence-corrected chi connectivity index (χ2v) is 11.9. The minimum atomic E-state index is -0.919. The molecule has 6 rings (SSSR count). The first-order chi connectivity index (χ1) is 15.8. The molecule has 1 aromatic carbocycles. The third-order valence-corrected chi connectivity index (χ3v) is 10.6. The Morgan fingerprint density at radius 2 is 1.82 bits per heavy atom. The molecule has 2 N–H and O–H groups in total. The number of amides is 2. The number of hydrogen-bond acceptors (Lipinski definition) is 6. The average Bonchev–Trinajstić information content (AvgIpc) is 3.49. The summed E-state index contributed by atoms with van der Waals surface area (Å²) in [5, 5.41) is 10.0. The first-order valence-electron chi connectivity index (χ1n) is 11.4. The molecule has 9 heteroatoms. The summed E-state index contributed by atoms with van der Waals surface area (Å²) in [4.78, 5) is 55.1. The maximum absolute atomic E-state index is 13.4. The summed E-state index contributed by atoms with van der Waals surface area (Å²) >= 11 is 2.95. The fourth-order valence-electron chi connectivity index (χ4n) is 6.83. The Morgan fingerprint density at radius 3 is 2.52 bits per heavy atom. The molecule has 7 nitrogen and oxygen atoms in total. The van der Waals surface area contributed by atoms with E-state index in [9.17, 15) is 19.2 Å². The number of aryl methyl sites for hydroxylation is 1. The molecule has 0 spiro atoms. The van der Waals surface area contributed by atoms with Crippen LogP contribution in [0.2, 0.25) is 0 Å². The minimum Gasteiger partial charge on any atom is -0.481 e. The van der Waals surface area contributed by atoms with Gasteiger partial charge in [0.25, 0.3) is 0 Å². The lowest BCUT2D eigenvalue weighted by molar-refractivity contribution is -0.142. The number of benzene rings is 1. The maximum atomic E-state index is 13.4. The van der Waals surface area contributed by atoms with Gasteiger partial charge >= 0.3 is 10.8 Å². The number of nitrogens with zero attached hydrogens (tertiary/aromatic N) is 1. The molecular formula is C24H24N2O5S2. The molecule has 3 fully saturated rings. The van der Waals surface area contributed by atoms with Gasteiger partial charge in [-0.2, -0.15) is 0 Å². The number of aliphatic carboxylic acids is 1. The van der Waals surface area contributed by atoms with Crippen LogP contribution in [0.15, 0.2) is 34.1 Å². The monoisotopic (exact) mass is 484 g/mol. The van der Waals surface area contributed by atoms with Crippen molar-refractivity contribution < 1.29 is 19.5 Å². The van der Waals surface area contributed by atoms with E-state index in [0.717, 1.165) is 21.9 Å². The molecule has 2 aliphatic heterocycles. The van der Waals surface area contributed by atoms with E-state index in [0.29, 0.717) is 0 Å². The molecule has 2 aromatic rings. The quantitative estimate of drug-likeness (QED) is 0.632. The summed E-state index contributed by atoms with van der Waals surface area (Å²) < 4.78 is 0. The zero-order chi connectivity index (χ0) is 23.0. The Balaban J connectivity index is 1.37. The molecule has 1 aromatic heterocycles. The third-order valence-electron chi connectivity index (χ3n) is 8.02. The number of aromatic amines is 1. The van der Waals surface area contributed by atoms with E-state index in [1.54, 1.807) is 11.8 Å². The SMILES string of the molecule is Cc1ccc([C@H]2c3sc(=O)[nH]c3S[C@H]3[C@@H]4C[C@@H]([C@H]5C(=O)N(CCCC(=O)O)C(=O)[C@H]45)[C@@H]23)cc1. The third kappa shape index (κ3) is 3.08. The molecule has 172 valence electrons. The van der Waals surface area contributed by atoms with E-state index in [2.05, 4.69) is 29.2 Å². The smallest absolute Gasteiger partial charge is 0.305 e. The largest absolute Gasteiger partial charge is 0.481 e. The van der Waals surface area contributed by atoms with Crippen molar-refractivity contribution in [3.05, 3.63) is 49.9 Å². The number of carboxylic acids is 1. The van der Waals surface area contributed by atoms with Gasteiger partial charge in [-0.3, -0.25) is 24.1 Å². The van der Waals surface area contributed by atoms with Gasteiger partial charge in [-0.1, -0.05) is 41.2 Å². The molecule has 7 atom stereocenters. The molecule has 2 amide bonds. The fraction of sp³-hybridized carbons (Fsp3) is 0.500. The predicted octanol–water partition coefficient (Wildman–Crippen LogP) is 3.08. The van der Waals surface area contributed by atoms with Gasteiger partial charge < -0.3 is 10.1 Å². The van der Waals surface area contributed by atoms with Crippen molar-refractivity contribution in [2.24, 2.45) is 29.6 Å². The first-order valence-corrected chi connectivity index (χ1v) is 13.1. The van der Waals surface area contributed by atoms with Crippen LogP contribution in [-0.2, 0) is 14.4 Å². The van der Waals surface area contributed by atoms with E-state index >= 15 is 0 Å². The van der Waals surface area contributed by atoms with Gasteiger partial charge in [-0.25, -0.2) is 0 Å². The second-order valence-electron chi connectivity index (χ2n) is 9.70. The molecule has 2 aliphatic carbocycles. The Hall–Kier alpha value is -2.39. The van der Waals surface area contributed by atoms with Gasteiger partial charge in [-0.05, 0) is 43.1 Å². The van der Waals surface area contributed by atoms with Crippen LogP contribution in [0.1, 0.15) is 41.2 Å².